The van der Waals surface area contributed by atoms with Crippen LogP contribution in [0.15, 0.2) is 25.3 Å². The van der Waals surface area contributed by atoms with Crippen molar-refractivity contribution in [3.05, 3.63) is 25.3 Å². The van der Waals surface area contributed by atoms with Gasteiger partial charge in [0.05, 0.1) is 24.0 Å². The molecule has 0 atom stereocenters. The molecule has 0 aliphatic heterocycles. The average molecular weight is 362 g/mol. The summed E-state index contributed by atoms with van der Waals surface area (Å²) >= 11 is 0. The van der Waals surface area contributed by atoms with Gasteiger partial charge in [-0.15, -0.1) is 0 Å². The number of rotatable bonds is 6. The molecule has 0 amide bonds. The highest BCUT2D eigenvalue weighted by molar-refractivity contribution is 5.91. The van der Waals surface area contributed by atoms with Gasteiger partial charge in [0.15, 0.2) is 0 Å². The number of hydrogen-bond donors (Lipinski definition) is 4. The molecule has 0 fully saturated rings. The van der Waals surface area contributed by atoms with E-state index in [9.17, 15) is 19.2 Å². The molecule has 0 aliphatic rings. The van der Waals surface area contributed by atoms with Crippen molar-refractivity contribution in [2.24, 2.45) is 10.8 Å². The molecule has 4 N–H and O–H groups in total. The molecule has 0 aliphatic carbocycles. The normalized spacial score (nSPS) is 10.0. The van der Waals surface area contributed by atoms with Crippen molar-refractivity contribution < 1.29 is 44.3 Å². The summed E-state index contributed by atoms with van der Waals surface area (Å²) in [6.45, 7) is 11.0. The Balaban J connectivity index is -0.000000396. The van der Waals surface area contributed by atoms with Crippen LogP contribution < -0.4 is 0 Å². The number of aliphatic carboxylic acids is 2. The predicted molar refractivity (Wildman–Crippen MR) is 88.5 cm³/mol. The maximum Gasteiger partial charge on any atom is 0.327 e. The van der Waals surface area contributed by atoms with E-state index in [1.54, 1.807) is 0 Å². The lowest BCUT2D eigenvalue weighted by Gasteiger charge is -2.23. The lowest BCUT2D eigenvalue weighted by molar-refractivity contribution is -0.174. The first-order chi connectivity index (χ1) is 11.2. The molecular formula is C16H26O9. The minimum Gasteiger partial charge on any atom is -0.478 e. The SMILES string of the molecule is C=CC(=O)O.C=CC(=O)O.CC(C)(CO)C(=O)OC(=O)C(C)(C)CO. The second-order valence-electron chi connectivity index (χ2n) is 5.85. The molecule has 0 heterocycles. The van der Waals surface area contributed by atoms with E-state index in [0.717, 1.165) is 12.2 Å². The topological polar surface area (TPSA) is 158 Å². The second kappa shape index (κ2) is 12.8. The number of carboxylic acid groups (broad SMARTS) is 2. The smallest absolute Gasteiger partial charge is 0.327 e. The molecule has 9 heteroatoms. The van der Waals surface area contributed by atoms with Crippen LogP contribution in [0.3, 0.4) is 0 Å². The summed E-state index contributed by atoms with van der Waals surface area (Å²) in [7, 11) is 0. The number of carboxylic acids is 2. The molecule has 0 saturated carbocycles. The van der Waals surface area contributed by atoms with Crippen molar-refractivity contribution in [1.29, 1.82) is 0 Å². The fraction of sp³-hybridized carbons (Fsp3) is 0.500. The number of ether oxygens (including phenoxy) is 1. The van der Waals surface area contributed by atoms with Crippen molar-refractivity contribution in [1.82, 2.24) is 0 Å². The van der Waals surface area contributed by atoms with Crippen LogP contribution in [0.2, 0.25) is 0 Å². The van der Waals surface area contributed by atoms with Gasteiger partial charge in [-0.05, 0) is 27.7 Å². The zero-order chi connectivity index (χ0) is 20.8. The molecule has 0 aromatic rings. The third-order valence-electron chi connectivity index (χ3n) is 2.43. The maximum atomic E-state index is 11.4. The highest BCUT2D eigenvalue weighted by atomic mass is 16.6. The number of aliphatic hydroxyl groups excluding tert-OH is 2. The van der Waals surface area contributed by atoms with Crippen molar-refractivity contribution >= 4 is 23.9 Å². The summed E-state index contributed by atoms with van der Waals surface area (Å²) in [4.78, 5) is 41.3. The summed E-state index contributed by atoms with van der Waals surface area (Å²) in [6.07, 6.45) is 1.67. The Morgan fingerprint density at radius 1 is 0.800 bits per heavy atom. The van der Waals surface area contributed by atoms with Gasteiger partial charge < -0.3 is 25.2 Å². The van der Waals surface area contributed by atoms with E-state index in [-0.39, 0.29) is 0 Å². The fourth-order valence-corrected chi connectivity index (χ4v) is 0.490. The molecule has 0 aromatic carbocycles. The van der Waals surface area contributed by atoms with Crippen molar-refractivity contribution in [3.8, 4) is 0 Å². The van der Waals surface area contributed by atoms with Gasteiger partial charge in [-0.1, -0.05) is 13.2 Å². The van der Waals surface area contributed by atoms with E-state index < -0.39 is 47.9 Å². The molecule has 25 heavy (non-hydrogen) atoms. The van der Waals surface area contributed by atoms with E-state index >= 15 is 0 Å². The Bertz CT molecular complexity index is 446. The van der Waals surface area contributed by atoms with Crippen molar-refractivity contribution in [2.75, 3.05) is 13.2 Å². The summed E-state index contributed by atoms with van der Waals surface area (Å²) in [5, 5.41) is 33.0. The highest BCUT2D eigenvalue weighted by Crippen LogP contribution is 2.21. The first-order valence-electron chi connectivity index (χ1n) is 6.91. The number of carbonyl (C=O) groups is 4. The second-order valence-corrected chi connectivity index (χ2v) is 5.85. The standard InChI is InChI=1S/C10H18O5.2C3H4O2/c1-9(2,5-11)7(13)15-8(14)10(3,4)6-12;2*1-2-3(4)5/h11-12H,5-6H2,1-4H3;2*2H,1H2,(H,4,5). The van der Waals surface area contributed by atoms with Crippen molar-refractivity contribution in [2.45, 2.75) is 27.7 Å². The fourth-order valence-electron chi connectivity index (χ4n) is 0.490. The average Bonchev–Trinajstić information content (AvgIpc) is 2.55. The summed E-state index contributed by atoms with van der Waals surface area (Å²) in [5.74, 6) is -3.55. The van der Waals surface area contributed by atoms with Crippen LogP contribution in [0.4, 0.5) is 0 Å². The summed E-state index contributed by atoms with van der Waals surface area (Å²) < 4.78 is 4.56. The molecule has 0 spiro atoms. The number of aliphatic hydroxyl groups is 2. The molecule has 0 aromatic heterocycles. The molecule has 0 rings (SSSR count). The lowest BCUT2D eigenvalue weighted by atomic mass is 9.93. The van der Waals surface area contributed by atoms with Gasteiger partial charge in [-0.3, -0.25) is 9.59 Å². The Kier molecular flexibility index (Phi) is 14.0. The van der Waals surface area contributed by atoms with Crippen LogP contribution in [0, 0.1) is 10.8 Å². The first kappa shape index (κ1) is 27.3. The van der Waals surface area contributed by atoms with Crippen LogP contribution in [0.1, 0.15) is 27.7 Å². The van der Waals surface area contributed by atoms with Crippen LogP contribution in [0.5, 0.6) is 0 Å². The monoisotopic (exact) mass is 362 g/mol. The molecular weight excluding hydrogens is 336 g/mol. The third kappa shape index (κ3) is 14.8. The summed E-state index contributed by atoms with van der Waals surface area (Å²) in [5.41, 5.74) is -2.22. The quantitative estimate of drug-likeness (QED) is 0.301. The third-order valence-corrected chi connectivity index (χ3v) is 2.43. The Morgan fingerprint density at radius 3 is 1.12 bits per heavy atom. The van der Waals surface area contributed by atoms with Crippen LogP contribution >= 0.6 is 0 Å². The van der Waals surface area contributed by atoms with Crippen LogP contribution in [-0.4, -0.2) is 57.5 Å². The minimum atomic E-state index is -1.11. The van der Waals surface area contributed by atoms with Gasteiger partial charge >= 0.3 is 23.9 Å². The van der Waals surface area contributed by atoms with E-state index in [4.69, 9.17) is 20.4 Å². The minimum absolute atomic E-state index is 0.404. The molecule has 0 bridgehead atoms. The molecule has 144 valence electrons. The lowest BCUT2D eigenvalue weighted by Crippen LogP contribution is -2.38. The first-order valence-corrected chi connectivity index (χ1v) is 6.91. The van der Waals surface area contributed by atoms with Gasteiger partial charge in [0.25, 0.3) is 0 Å². The highest BCUT2D eigenvalue weighted by Gasteiger charge is 2.36. The Hall–Kier alpha value is -2.52. The zero-order valence-corrected chi connectivity index (χ0v) is 14.8. The van der Waals surface area contributed by atoms with Gasteiger partial charge in [0, 0.05) is 12.2 Å². The number of hydrogen-bond acceptors (Lipinski definition) is 7. The van der Waals surface area contributed by atoms with Crippen molar-refractivity contribution in [3.63, 3.8) is 0 Å². The van der Waals surface area contributed by atoms with Gasteiger partial charge in [-0.2, -0.15) is 0 Å². The molecule has 0 unspecified atom stereocenters. The molecule has 9 nitrogen and oxygen atoms in total. The predicted octanol–water partition coefficient (Wildman–Crippen LogP) is 0.607. The molecule has 0 radical (unpaired) electrons. The Labute approximate surface area is 146 Å². The number of esters is 2. The van der Waals surface area contributed by atoms with Gasteiger partial charge in [-0.25, -0.2) is 9.59 Å². The Morgan fingerprint density at radius 2 is 1.00 bits per heavy atom. The molecule has 0 saturated heterocycles. The van der Waals surface area contributed by atoms with Crippen LogP contribution in [-0.2, 0) is 23.9 Å². The van der Waals surface area contributed by atoms with Crippen LogP contribution in [0.25, 0.3) is 0 Å². The van der Waals surface area contributed by atoms with E-state index in [0.29, 0.717) is 0 Å². The maximum absolute atomic E-state index is 11.4. The number of carbonyl (C=O) groups excluding carboxylic acids is 2. The van der Waals surface area contributed by atoms with E-state index in [2.05, 4.69) is 17.9 Å². The van der Waals surface area contributed by atoms with Gasteiger partial charge in [0.1, 0.15) is 0 Å². The summed E-state index contributed by atoms with van der Waals surface area (Å²) in [6, 6.07) is 0. The van der Waals surface area contributed by atoms with E-state index in [1.807, 2.05) is 0 Å². The van der Waals surface area contributed by atoms with E-state index in [1.165, 1.54) is 27.7 Å². The largest absolute Gasteiger partial charge is 0.478 e. The van der Waals surface area contributed by atoms with Gasteiger partial charge in [0.2, 0.25) is 0 Å². The zero-order valence-electron chi connectivity index (χ0n) is 14.8.